The molecule has 3 rings (SSSR count). The first-order valence-electron chi connectivity index (χ1n) is 7.12. The smallest absolute Gasteiger partial charge is 0.192 e. The fraction of sp³-hybridized carbons (Fsp3) is 0.250. The van der Waals surface area contributed by atoms with E-state index in [0.717, 1.165) is 23.6 Å². The molecule has 6 nitrogen and oxygen atoms in total. The van der Waals surface area contributed by atoms with Crippen LogP contribution in [-0.2, 0) is 20.5 Å². The summed E-state index contributed by atoms with van der Waals surface area (Å²) in [6, 6.07) is 7.70. The molecular weight excluding hydrogens is 276 g/mol. The summed E-state index contributed by atoms with van der Waals surface area (Å²) in [5.74, 6) is 2.05. The van der Waals surface area contributed by atoms with Crippen molar-refractivity contribution in [3.8, 4) is 0 Å². The molecular formula is C16H18N6. The first-order valence-corrected chi connectivity index (χ1v) is 7.12. The average Bonchev–Trinajstić information content (AvgIpc) is 3.14. The van der Waals surface area contributed by atoms with Gasteiger partial charge < -0.3 is 14.7 Å². The summed E-state index contributed by atoms with van der Waals surface area (Å²) in [6.45, 7) is 0. The standard InChI is InChI=1S/C16H18N6/c1-21-9-7-18-15(21)14(16-19-8-10-22(16)2)11-12-3-5-13(20-17)6-4-12/h3-10,14,20H,11H2,1-2H3. The fourth-order valence-electron chi connectivity index (χ4n) is 2.67. The molecule has 0 amide bonds. The number of nitrogens with one attached hydrogen (secondary N) is 1. The Morgan fingerprint density at radius 2 is 1.55 bits per heavy atom. The number of rotatable bonds is 5. The highest BCUT2D eigenvalue weighted by atomic mass is 15.1. The molecule has 0 radical (unpaired) electrons. The first-order chi connectivity index (χ1) is 10.7. The zero-order valence-electron chi connectivity index (χ0n) is 12.6. The summed E-state index contributed by atoms with van der Waals surface area (Å²) < 4.78 is 4.06. The van der Waals surface area contributed by atoms with Gasteiger partial charge in [0.05, 0.1) is 5.92 Å². The van der Waals surface area contributed by atoms with Gasteiger partial charge in [-0.2, -0.15) is 0 Å². The lowest BCUT2D eigenvalue weighted by molar-refractivity contribution is -0.379. The van der Waals surface area contributed by atoms with Crippen LogP contribution in [0.25, 0.3) is 5.53 Å². The van der Waals surface area contributed by atoms with E-state index in [1.165, 1.54) is 0 Å². The Labute approximate surface area is 129 Å². The Kier molecular flexibility index (Phi) is 3.82. The molecule has 0 saturated heterocycles. The van der Waals surface area contributed by atoms with Crippen molar-refractivity contribution in [3.63, 3.8) is 0 Å². The highest BCUT2D eigenvalue weighted by molar-refractivity contribution is 5.33. The van der Waals surface area contributed by atoms with Gasteiger partial charge in [-0.25, -0.2) is 9.97 Å². The molecule has 6 heteroatoms. The SMILES string of the molecule is Cn1ccnc1C(Cc1ccc([NH+]=[N-])cc1)c1nccn1C. The van der Waals surface area contributed by atoms with Crippen molar-refractivity contribution < 1.29 is 5.11 Å². The van der Waals surface area contributed by atoms with Crippen LogP contribution in [0.3, 0.4) is 0 Å². The van der Waals surface area contributed by atoms with Crippen LogP contribution in [0.2, 0.25) is 0 Å². The van der Waals surface area contributed by atoms with E-state index in [1.54, 1.807) is 0 Å². The molecule has 1 N–H and O–H groups in total. The van der Waals surface area contributed by atoms with Crippen molar-refractivity contribution in [2.45, 2.75) is 12.3 Å². The molecule has 0 aliphatic rings. The van der Waals surface area contributed by atoms with Gasteiger partial charge in [-0.05, 0) is 12.0 Å². The molecule has 0 aliphatic heterocycles. The number of aromatic nitrogens is 4. The van der Waals surface area contributed by atoms with Crippen LogP contribution in [0.15, 0.2) is 49.1 Å². The molecule has 2 heterocycles. The van der Waals surface area contributed by atoms with E-state index < -0.39 is 0 Å². The van der Waals surface area contributed by atoms with E-state index in [9.17, 15) is 0 Å². The zero-order chi connectivity index (χ0) is 15.5. The van der Waals surface area contributed by atoms with E-state index in [0.29, 0.717) is 5.69 Å². The summed E-state index contributed by atoms with van der Waals surface area (Å²) in [5.41, 5.74) is 10.7. The topological polar surface area (TPSA) is 71.9 Å². The van der Waals surface area contributed by atoms with Crippen molar-refractivity contribution in [2.24, 2.45) is 14.1 Å². The van der Waals surface area contributed by atoms with Crippen LogP contribution >= 0.6 is 0 Å². The normalized spacial score (nSPS) is 11.0. The predicted molar refractivity (Wildman–Crippen MR) is 82.4 cm³/mol. The molecule has 22 heavy (non-hydrogen) atoms. The number of hydrogen-bond donors (Lipinski definition) is 1. The van der Waals surface area contributed by atoms with Crippen LogP contribution in [-0.4, -0.2) is 19.1 Å². The van der Waals surface area contributed by atoms with E-state index in [1.807, 2.05) is 72.3 Å². The van der Waals surface area contributed by atoms with Crippen molar-refractivity contribution in [1.82, 2.24) is 19.1 Å². The van der Waals surface area contributed by atoms with E-state index in [2.05, 4.69) is 15.1 Å². The first kappa shape index (κ1) is 14.2. The number of benzene rings is 1. The quantitative estimate of drug-likeness (QED) is 0.720. The largest absolute Gasteiger partial charge is 0.502 e. The summed E-state index contributed by atoms with van der Waals surface area (Å²) in [6.07, 6.45) is 8.31. The van der Waals surface area contributed by atoms with Gasteiger partial charge in [0.15, 0.2) is 5.69 Å². The van der Waals surface area contributed by atoms with E-state index in [4.69, 9.17) is 5.53 Å². The molecule has 0 bridgehead atoms. The second-order valence-corrected chi connectivity index (χ2v) is 5.36. The molecule has 0 atom stereocenters. The average molecular weight is 294 g/mol. The maximum atomic E-state index is 8.91. The summed E-state index contributed by atoms with van der Waals surface area (Å²) in [7, 11) is 3.99. The molecule has 0 spiro atoms. The third-order valence-electron chi connectivity index (χ3n) is 3.86. The minimum atomic E-state index is 0.0768. The third-order valence-corrected chi connectivity index (χ3v) is 3.86. The summed E-state index contributed by atoms with van der Waals surface area (Å²) in [4.78, 5) is 9.00. The van der Waals surface area contributed by atoms with Crippen LogP contribution in [0, 0.1) is 0 Å². The summed E-state index contributed by atoms with van der Waals surface area (Å²) >= 11 is 0. The highest BCUT2D eigenvalue weighted by Crippen LogP contribution is 2.26. The molecule has 0 fully saturated rings. The molecule has 2 aromatic heterocycles. The van der Waals surface area contributed by atoms with Crippen LogP contribution in [0.1, 0.15) is 23.1 Å². The predicted octanol–water partition coefficient (Wildman–Crippen LogP) is 1.26. The van der Waals surface area contributed by atoms with Crippen molar-refractivity contribution in [2.75, 3.05) is 0 Å². The minimum Gasteiger partial charge on any atom is -0.502 e. The van der Waals surface area contributed by atoms with E-state index in [-0.39, 0.29) is 5.92 Å². The molecule has 1 aromatic carbocycles. The second-order valence-electron chi connectivity index (χ2n) is 5.36. The van der Waals surface area contributed by atoms with Gasteiger partial charge in [0.2, 0.25) is 0 Å². The fourth-order valence-corrected chi connectivity index (χ4v) is 2.67. The van der Waals surface area contributed by atoms with Crippen LogP contribution < -0.4 is 5.11 Å². The maximum absolute atomic E-state index is 8.91. The highest BCUT2D eigenvalue weighted by Gasteiger charge is 2.22. The van der Waals surface area contributed by atoms with Crippen molar-refractivity contribution in [1.29, 1.82) is 0 Å². The zero-order valence-corrected chi connectivity index (χ0v) is 12.6. The molecule has 0 aliphatic carbocycles. The van der Waals surface area contributed by atoms with Gasteiger partial charge in [-0.1, -0.05) is 12.1 Å². The molecule has 112 valence electrons. The maximum Gasteiger partial charge on any atom is 0.192 e. The van der Waals surface area contributed by atoms with Crippen LogP contribution in [0.4, 0.5) is 5.69 Å². The van der Waals surface area contributed by atoms with Crippen molar-refractivity contribution in [3.05, 3.63) is 71.8 Å². The number of hydrogen-bond acceptors (Lipinski definition) is 2. The van der Waals surface area contributed by atoms with E-state index >= 15 is 0 Å². The van der Waals surface area contributed by atoms with Gasteiger partial charge in [0.25, 0.3) is 0 Å². The Balaban J connectivity index is 1.97. The third kappa shape index (κ3) is 2.67. The lowest BCUT2D eigenvalue weighted by atomic mass is 9.97. The molecule has 0 unspecified atom stereocenters. The number of imidazole rings is 2. The van der Waals surface area contributed by atoms with Gasteiger partial charge in [0.1, 0.15) is 11.6 Å². The lowest BCUT2D eigenvalue weighted by Gasteiger charge is -2.17. The molecule has 0 saturated carbocycles. The van der Waals surface area contributed by atoms with Crippen LogP contribution in [0.5, 0.6) is 0 Å². The Morgan fingerprint density at radius 3 is 1.95 bits per heavy atom. The number of aryl methyl sites for hydroxylation is 2. The number of nitrogens with zero attached hydrogens (tertiary/aromatic N) is 5. The Hall–Kier alpha value is -2.76. The van der Waals surface area contributed by atoms with Gasteiger partial charge in [-0.15, -0.1) is 0 Å². The van der Waals surface area contributed by atoms with Crippen molar-refractivity contribution >= 4 is 5.69 Å². The monoisotopic (exact) mass is 294 g/mol. The molecule has 3 aromatic rings. The minimum absolute atomic E-state index is 0.0768. The summed E-state index contributed by atoms with van der Waals surface area (Å²) in [5, 5.41) is 2.15. The Morgan fingerprint density at radius 1 is 1.00 bits per heavy atom. The van der Waals surface area contributed by atoms with Gasteiger partial charge >= 0.3 is 0 Å². The van der Waals surface area contributed by atoms with Gasteiger partial charge in [0, 0.05) is 51.0 Å². The lowest BCUT2D eigenvalue weighted by Crippen LogP contribution is -2.54. The second kappa shape index (κ2) is 5.93. The van der Waals surface area contributed by atoms with Gasteiger partial charge in [-0.3, -0.25) is 5.11 Å². The Bertz CT molecular complexity index is 728.